The van der Waals surface area contributed by atoms with Crippen LogP contribution in [0, 0.1) is 17.2 Å². The monoisotopic (exact) mass is 398 g/mol. The van der Waals surface area contributed by atoms with Gasteiger partial charge in [0, 0.05) is 31.3 Å². The van der Waals surface area contributed by atoms with Crippen LogP contribution in [0.3, 0.4) is 0 Å². The minimum Gasteiger partial charge on any atom is -0.493 e. The molecule has 28 heavy (non-hydrogen) atoms. The van der Waals surface area contributed by atoms with Gasteiger partial charge in [-0.1, -0.05) is 18.2 Å². The number of hydrogen-bond donors (Lipinski definition) is 0. The van der Waals surface area contributed by atoms with Gasteiger partial charge in [0.05, 0.1) is 23.1 Å². The third-order valence-corrected chi connectivity index (χ3v) is 6.46. The molecule has 6 heteroatoms. The first-order valence-electron chi connectivity index (χ1n) is 9.52. The molecule has 2 unspecified atom stereocenters. The van der Waals surface area contributed by atoms with Crippen molar-refractivity contribution in [3.8, 4) is 11.8 Å². The topological polar surface area (TPSA) is 70.4 Å². The van der Waals surface area contributed by atoms with Crippen molar-refractivity contribution in [1.82, 2.24) is 4.90 Å². The van der Waals surface area contributed by atoms with E-state index in [9.17, 15) is 13.7 Å². The number of hydrogen-bond acceptors (Lipinski definition) is 5. The fourth-order valence-electron chi connectivity index (χ4n) is 3.76. The molecule has 0 aromatic heterocycles. The summed E-state index contributed by atoms with van der Waals surface area (Å²) in [5.74, 6) is 1.14. The quantitative estimate of drug-likeness (QED) is 0.716. The Morgan fingerprint density at radius 3 is 2.57 bits per heavy atom. The van der Waals surface area contributed by atoms with Crippen LogP contribution in [0.5, 0.6) is 5.75 Å². The number of ether oxygens (including phenoxy) is 1. The van der Waals surface area contributed by atoms with Gasteiger partial charge < -0.3 is 4.74 Å². The minimum absolute atomic E-state index is 0.304. The molecule has 0 spiro atoms. The maximum Gasteiger partial charge on any atom is 0.175 e. The van der Waals surface area contributed by atoms with Gasteiger partial charge in [-0.15, -0.1) is 0 Å². The molecule has 2 aromatic carbocycles. The standard InChI is InChI=1S/C22H26N2O3S/c1-17-13-18(16-27-21-7-9-22(10-8-21)28(2,25)26)15-24(17)12-11-19-5-3-4-6-20(19)14-23/h3-10,17-18H,11-13,15-16H2,1-2H3. The number of rotatable bonds is 7. The summed E-state index contributed by atoms with van der Waals surface area (Å²) in [5, 5.41) is 9.23. The summed E-state index contributed by atoms with van der Waals surface area (Å²) in [6.07, 6.45) is 3.14. The van der Waals surface area contributed by atoms with Crippen LogP contribution in [-0.2, 0) is 16.3 Å². The SMILES string of the molecule is CC1CC(COc2ccc(S(C)(=O)=O)cc2)CN1CCc1ccccc1C#N. The third-order valence-electron chi connectivity index (χ3n) is 5.33. The van der Waals surface area contributed by atoms with Crippen molar-refractivity contribution in [2.75, 3.05) is 26.0 Å². The summed E-state index contributed by atoms with van der Waals surface area (Å²) in [7, 11) is -3.18. The maximum absolute atomic E-state index is 11.5. The Morgan fingerprint density at radius 1 is 1.18 bits per heavy atom. The van der Waals surface area contributed by atoms with Crippen LogP contribution < -0.4 is 4.74 Å². The molecule has 0 saturated carbocycles. The lowest BCUT2D eigenvalue weighted by Crippen LogP contribution is -2.30. The number of likely N-dealkylation sites (tertiary alicyclic amines) is 1. The highest BCUT2D eigenvalue weighted by Crippen LogP contribution is 2.25. The zero-order valence-electron chi connectivity index (χ0n) is 16.3. The number of benzene rings is 2. The van der Waals surface area contributed by atoms with E-state index in [0.29, 0.717) is 29.2 Å². The molecule has 0 amide bonds. The molecule has 0 radical (unpaired) electrons. The van der Waals surface area contributed by atoms with Crippen LogP contribution in [0.2, 0.25) is 0 Å². The average Bonchev–Trinajstić information content (AvgIpc) is 3.04. The largest absolute Gasteiger partial charge is 0.493 e. The molecular formula is C22H26N2O3S. The number of nitrogens with zero attached hydrogens (tertiary/aromatic N) is 2. The predicted molar refractivity (Wildman–Crippen MR) is 109 cm³/mol. The van der Waals surface area contributed by atoms with E-state index >= 15 is 0 Å². The molecule has 1 saturated heterocycles. The van der Waals surface area contributed by atoms with Gasteiger partial charge in [-0.25, -0.2) is 8.42 Å². The molecule has 5 nitrogen and oxygen atoms in total. The summed E-state index contributed by atoms with van der Waals surface area (Å²) in [6.45, 7) is 4.75. The first-order valence-corrected chi connectivity index (χ1v) is 11.4. The molecule has 1 fully saturated rings. The van der Waals surface area contributed by atoms with Crippen LogP contribution in [0.4, 0.5) is 0 Å². The van der Waals surface area contributed by atoms with Crippen LogP contribution in [-0.4, -0.2) is 45.3 Å². The Bertz CT molecular complexity index is 948. The Balaban J connectivity index is 1.50. The van der Waals surface area contributed by atoms with Crippen molar-refractivity contribution in [3.63, 3.8) is 0 Å². The fraction of sp³-hybridized carbons (Fsp3) is 0.409. The Labute approximate surface area is 167 Å². The van der Waals surface area contributed by atoms with Gasteiger partial charge in [-0.3, -0.25) is 4.90 Å². The lowest BCUT2D eigenvalue weighted by molar-refractivity contribution is 0.234. The summed E-state index contributed by atoms with van der Waals surface area (Å²) < 4.78 is 28.9. The first-order chi connectivity index (χ1) is 13.4. The highest BCUT2D eigenvalue weighted by atomic mass is 32.2. The van der Waals surface area contributed by atoms with Crippen LogP contribution in [0.25, 0.3) is 0 Å². The third kappa shape index (κ3) is 5.12. The van der Waals surface area contributed by atoms with E-state index in [1.165, 1.54) is 6.26 Å². The molecule has 0 aliphatic carbocycles. The highest BCUT2D eigenvalue weighted by molar-refractivity contribution is 7.90. The lowest BCUT2D eigenvalue weighted by atomic mass is 10.1. The van der Waals surface area contributed by atoms with E-state index in [1.807, 2.05) is 24.3 Å². The summed E-state index contributed by atoms with van der Waals surface area (Å²) >= 11 is 0. The second-order valence-corrected chi connectivity index (χ2v) is 9.53. The van der Waals surface area contributed by atoms with Crippen molar-refractivity contribution in [1.29, 1.82) is 5.26 Å². The predicted octanol–water partition coefficient (Wildman–Crippen LogP) is 3.29. The zero-order chi connectivity index (χ0) is 20.1. The van der Waals surface area contributed by atoms with Crippen LogP contribution in [0.15, 0.2) is 53.4 Å². The van der Waals surface area contributed by atoms with Crippen LogP contribution >= 0.6 is 0 Å². The van der Waals surface area contributed by atoms with Gasteiger partial charge in [0.2, 0.25) is 0 Å². The molecular weight excluding hydrogens is 372 g/mol. The molecule has 148 valence electrons. The van der Waals surface area contributed by atoms with E-state index in [0.717, 1.165) is 37.1 Å². The molecule has 0 bridgehead atoms. The van der Waals surface area contributed by atoms with Crippen molar-refractivity contribution in [2.45, 2.75) is 30.7 Å². The van der Waals surface area contributed by atoms with Crippen molar-refractivity contribution in [2.24, 2.45) is 5.92 Å². The van der Waals surface area contributed by atoms with Gasteiger partial charge in [-0.05, 0) is 55.7 Å². The Morgan fingerprint density at radius 2 is 1.89 bits per heavy atom. The van der Waals surface area contributed by atoms with Crippen molar-refractivity contribution < 1.29 is 13.2 Å². The fourth-order valence-corrected chi connectivity index (χ4v) is 4.39. The molecule has 1 heterocycles. The Kier molecular flexibility index (Phi) is 6.38. The first kappa shape index (κ1) is 20.4. The summed E-state index contributed by atoms with van der Waals surface area (Å²) in [4.78, 5) is 2.76. The lowest BCUT2D eigenvalue weighted by Gasteiger charge is -2.21. The zero-order valence-corrected chi connectivity index (χ0v) is 17.2. The summed E-state index contributed by atoms with van der Waals surface area (Å²) in [6, 6.07) is 17.1. The van der Waals surface area contributed by atoms with Crippen LogP contribution in [0.1, 0.15) is 24.5 Å². The van der Waals surface area contributed by atoms with E-state index in [1.54, 1.807) is 24.3 Å². The van der Waals surface area contributed by atoms with E-state index in [-0.39, 0.29) is 0 Å². The van der Waals surface area contributed by atoms with Gasteiger partial charge >= 0.3 is 0 Å². The smallest absolute Gasteiger partial charge is 0.175 e. The van der Waals surface area contributed by atoms with Gasteiger partial charge in [-0.2, -0.15) is 5.26 Å². The van der Waals surface area contributed by atoms with E-state index in [2.05, 4.69) is 17.9 Å². The minimum atomic E-state index is -3.18. The van der Waals surface area contributed by atoms with Crippen molar-refractivity contribution >= 4 is 9.84 Å². The average molecular weight is 399 g/mol. The molecule has 2 atom stereocenters. The molecule has 3 rings (SSSR count). The normalized spacial score (nSPS) is 20.0. The number of nitriles is 1. The second kappa shape index (κ2) is 8.76. The Hall–Kier alpha value is -2.36. The maximum atomic E-state index is 11.5. The molecule has 0 N–H and O–H groups in total. The summed E-state index contributed by atoms with van der Waals surface area (Å²) in [5.41, 5.74) is 1.86. The van der Waals surface area contributed by atoms with E-state index < -0.39 is 9.84 Å². The van der Waals surface area contributed by atoms with E-state index in [4.69, 9.17) is 4.74 Å². The molecule has 1 aliphatic rings. The highest BCUT2D eigenvalue weighted by Gasteiger charge is 2.29. The van der Waals surface area contributed by atoms with Crippen molar-refractivity contribution in [3.05, 3.63) is 59.7 Å². The number of sulfone groups is 1. The van der Waals surface area contributed by atoms with Gasteiger partial charge in [0.15, 0.2) is 9.84 Å². The van der Waals surface area contributed by atoms with Gasteiger partial charge in [0.1, 0.15) is 5.75 Å². The second-order valence-electron chi connectivity index (χ2n) is 7.52. The molecule has 2 aromatic rings. The van der Waals surface area contributed by atoms with Gasteiger partial charge in [0.25, 0.3) is 0 Å². The molecule has 1 aliphatic heterocycles.